The molecule has 2 aromatic rings. The van der Waals surface area contributed by atoms with Crippen LogP contribution in [0.4, 0.5) is 4.79 Å². The number of benzene rings is 2. The van der Waals surface area contributed by atoms with Crippen molar-refractivity contribution >= 4 is 29.8 Å². The highest BCUT2D eigenvalue weighted by Gasteiger charge is 2.68. The SMILES string of the molecule is CCOC(=O)OCC12COC(c3ccc(Cl)c(Cc4ccc(OCCC=NOC)cc4)c3)(O1)C(=O)C(O)C2NO. The predicted molar refractivity (Wildman–Crippen MR) is 140 cm³/mol. The summed E-state index contributed by atoms with van der Waals surface area (Å²) < 4.78 is 27.6. The van der Waals surface area contributed by atoms with E-state index in [2.05, 4.69) is 9.99 Å². The Balaban J connectivity index is 1.54. The lowest BCUT2D eigenvalue weighted by atomic mass is 9.83. The number of fused-ring (bicyclic) bond motifs is 2. The molecule has 0 aliphatic carbocycles. The van der Waals surface area contributed by atoms with Crippen molar-refractivity contribution in [1.29, 1.82) is 0 Å². The summed E-state index contributed by atoms with van der Waals surface area (Å²) >= 11 is 6.50. The molecule has 2 aliphatic rings. The third kappa shape index (κ3) is 6.07. The van der Waals surface area contributed by atoms with Crippen molar-refractivity contribution in [2.24, 2.45) is 5.16 Å². The summed E-state index contributed by atoms with van der Waals surface area (Å²) in [7, 11) is 1.47. The Kier molecular flexibility index (Phi) is 9.61. The van der Waals surface area contributed by atoms with Gasteiger partial charge in [-0.2, -0.15) is 5.48 Å². The number of aliphatic hydroxyl groups excluding tert-OH is 1. The normalized spacial score (nSPS) is 25.7. The van der Waals surface area contributed by atoms with Crippen molar-refractivity contribution in [3.05, 3.63) is 64.2 Å². The molecule has 0 spiro atoms. The van der Waals surface area contributed by atoms with Crippen molar-refractivity contribution in [2.45, 2.75) is 43.3 Å². The minimum absolute atomic E-state index is 0.0867. The van der Waals surface area contributed by atoms with Gasteiger partial charge >= 0.3 is 6.16 Å². The van der Waals surface area contributed by atoms with Crippen LogP contribution in [0.15, 0.2) is 47.6 Å². The first-order valence-corrected chi connectivity index (χ1v) is 13.0. The van der Waals surface area contributed by atoms with Crippen LogP contribution in [0.3, 0.4) is 0 Å². The molecule has 2 saturated heterocycles. The van der Waals surface area contributed by atoms with Crippen LogP contribution in [-0.2, 0) is 40.8 Å². The Labute approximate surface area is 235 Å². The molecule has 40 heavy (non-hydrogen) atoms. The highest BCUT2D eigenvalue weighted by molar-refractivity contribution is 6.31. The third-order valence-corrected chi connectivity index (χ3v) is 6.99. The van der Waals surface area contributed by atoms with Crippen molar-refractivity contribution in [3.63, 3.8) is 0 Å². The van der Waals surface area contributed by atoms with E-state index in [1.807, 2.05) is 29.7 Å². The number of rotatable bonds is 12. The van der Waals surface area contributed by atoms with Gasteiger partial charge in [-0.1, -0.05) is 35.0 Å². The molecular weight excluding hydrogens is 548 g/mol. The summed E-state index contributed by atoms with van der Waals surface area (Å²) in [4.78, 5) is 29.8. The summed E-state index contributed by atoms with van der Waals surface area (Å²) in [6.07, 6.45) is -0.0687. The molecule has 2 aliphatic heterocycles. The fourth-order valence-electron chi connectivity index (χ4n) is 4.65. The first-order chi connectivity index (χ1) is 19.3. The minimum Gasteiger partial charge on any atom is -0.493 e. The molecule has 4 unspecified atom stereocenters. The van der Waals surface area contributed by atoms with Crippen LogP contribution in [-0.4, -0.2) is 79.8 Å². The quantitative estimate of drug-likeness (QED) is 0.147. The Morgan fingerprint density at radius 2 is 2.02 bits per heavy atom. The zero-order valence-electron chi connectivity index (χ0n) is 22.0. The molecule has 0 radical (unpaired) electrons. The van der Waals surface area contributed by atoms with Gasteiger partial charge in [-0.15, -0.1) is 0 Å². The van der Waals surface area contributed by atoms with Crippen LogP contribution in [0.2, 0.25) is 5.02 Å². The zero-order chi connectivity index (χ0) is 28.8. The molecule has 2 heterocycles. The third-order valence-electron chi connectivity index (χ3n) is 6.62. The van der Waals surface area contributed by atoms with Crippen molar-refractivity contribution < 1.29 is 48.4 Å². The Bertz CT molecular complexity index is 1230. The van der Waals surface area contributed by atoms with Crippen molar-refractivity contribution in [2.75, 3.05) is 33.5 Å². The number of ketones is 1. The number of hydrogen-bond acceptors (Lipinski definition) is 12. The fourth-order valence-corrected chi connectivity index (χ4v) is 4.83. The summed E-state index contributed by atoms with van der Waals surface area (Å²) in [6, 6.07) is 11.0. The lowest BCUT2D eigenvalue weighted by Crippen LogP contribution is -2.68. The number of nitrogens with one attached hydrogen (secondary N) is 1. The molecule has 2 aromatic carbocycles. The topological polar surface area (TPSA) is 154 Å². The number of aliphatic hydroxyl groups is 1. The number of Topliss-reactive ketones (excluding diaryl/α,β-unsaturated/α-hetero) is 1. The molecule has 0 aromatic heterocycles. The molecule has 2 bridgehead atoms. The van der Waals surface area contributed by atoms with E-state index in [1.54, 1.807) is 31.3 Å². The van der Waals surface area contributed by atoms with E-state index in [-0.39, 0.29) is 13.2 Å². The summed E-state index contributed by atoms with van der Waals surface area (Å²) in [5.41, 5.74) is 2.22. The number of halogens is 1. The molecule has 0 amide bonds. The Hall–Kier alpha value is -3.26. The second-order valence-electron chi connectivity index (χ2n) is 9.19. The van der Waals surface area contributed by atoms with Crippen LogP contribution in [0, 0.1) is 0 Å². The number of hydroxylamine groups is 1. The monoisotopic (exact) mass is 578 g/mol. The molecule has 4 atom stereocenters. The molecule has 3 N–H and O–H groups in total. The fraction of sp³-hybridized carbons (Fsp3) is 0.444. The van der Waals surface area contributed by atoms with E-state index in [1.165, 1.54) is 7.11 Å². The number of hydrogen-bond donors (Lipinski definition) is 3. The first-order valence-electron chi connectivity index (χ1n) is 12.6. The molecule has 0 saturated carbocycles. The van der Waals surface area contributed by atoms with Crippen molar-refractivity contribution in [1.82, 2.24) is 5.48 Å². The standard InChI is InChI=1S/C27H31ClN2O10/c1-3-36-25(33)38-15-26-16-39-27(40-26,24(32)22(31)23(26)30-34)19-7-10-21(28)18(14-19)13-17-5-8-20(9-6-17)37-12-4-11-29-35-2/h5-11,14,22-23,30-31,34H,3-4,12-13,15-16H2,1-2H3. The van der Waals surface area contributed by atoms with E-state index >= 15 is 0 Å². The van der Waals surface area contributed by atoms with Crippen LogP contribution in [0.25, 0.3) is 0 Å². The second-order valence-corrected chi connectivity index (χ2v) is 9.60. The predicted octanol–water partition coefficient (Wildman–Crippen LogP) is 2.73. The number of nitrogens with zero attached hydrogens (tertiary/aromatic N) is 1. The average Bonchev–Trinajstić information content (AvgIpc) is 3.32. The van der Waals surface area contributed by atoms with Gasteiger partial charge in [0.05, 0.1) is 19.8 Å². The van der Waals surface area contributed by atoms with Gasteiger partial charge in [0.25, 0.3) is 5.79 Å². The van der Waals surface area contributed by atoms with Gasteiger partial charge < -0.3 is 38.8 Å². The molecule has 4 rings (SSSR count). The first kappa shape index (κ1) is 29.7. The van der Waals surface area contributed by atoms with Crippen LogP contribution in [0.1, 0.15) is 30.0 Å². The summed E-state index contributed by atoms with van der Waals surface area (Å²) in [6.45, 7) is 1.42. The Morgan fingerprint density at radius 1 is 1.25 bits per heavy atom. The van der Waals surface area contributed by atoms with Gasteiger partial charge in [-0.25, -0.2) is 4.79 Å². The average molecular weight is 579 g/mol. The highest BCUT2D eigenvalue weighted by atomic mass is 35.5. The largest absolute Gasteiger partial charge is 0.508 e. The van der Waals surface area contributed by atoms with E-state index in [0.717, 1.165) is 5.56 Å². The lowest BCUT2D eigenvalue weighted by molar-refractivity contribution is -0.245. The van der Waals surface area contributed by atoms with E-state index in [0.29, 0.717) is 41.3 Å². The Morgan fingerprint density at radius 3 is 2.73 bits per heavy atom. The van der Waals surface area contributed by atoms with Crippen molar-refractivity contribution in [3.8, 4) is 5.75 Å². The molecule has 12 nitrogen and oxygen atoms in total. The molecule has 13 heteroatoms. The van der Waals surface area contributed by atoms with Crippen LogP contribution >= 0.6 is 11.6 Å². The molecule has 2 fully saturated rings. The molecule has 216 valence electrons. The van der Waals surface area contributed by atoms with E-state index in [4.69, 9.17) is 35.3 Å². The highest BCUT2D eigenvalue weighted by Crippen LogP contribution is 2.48. The number of carbonyl (C=O) groups is 2. The smallest absolute Gasteiger partial charge is 0.493 e. The van der Waals surface area contributed by atoms with Gasteiger partial charge in [0.15, 0.2) is 5.60 Å². The summed E-state index contributed by atoms with van der Waals surface area (Å²) in [5, 5.41) is 24.7. The number of carbonyl (C=O) groups excluding carboxylic acids is 2. The summed E-state index contributed by atoms with van der Waals surface area (Å²) in [5.74, 6) is -2.14. The maximum Gasteiger partial charge on any atom is 0.508 e. The van der Waals surface area contributed by atoms with Crippen LogP contribution < -0.4 is 10.2 Å². The lowest BCUT2D eigenvalue weighted by Gasteiger charge is -2.43. The van der Waals surface area contributed by atoms with Gasteiger partial charge in [0.1, 0.15) is 31.6 Å². The maximum absolute atomic E-state index is 13.3. The van der Waals surface area contributed by atoms with Gasteiger partial charge in [0, 0.05) is 23.2 Å². The number of ether oxygens (including phenoxy) is 5. The molecular formula is C27H31ClN2O10. The van der Waals surface area contributed by atoms with Gasteiger partial charge in [-0.3, -0.25) is 4.79 Å². The van der Waals surface area contributed by atoms with Gasteiger partial charge in [-0.05, 0) is 48.7 Å². The second kappa shape index (κ2) is 12.9. The minimum atomic E-state index is -2.01. The van der Waals surface area contributed by atoms with Gasteiger partial charge in [0.2, 0.25) is 5.78 Å². The number of oxime groups is 1. The maximum atomic E-state index is 13.3. The van der Waals surface area contributed by atoms with E-state index in [9.17, 15) is 19.9 Å². The van der Waals surface area contributed by atoms with E-state index < -0.39 is 42.1 Å². The van der Waals surface area contributed by atoms with Crippen LogP contribution in [0.5, 0.6) is 5.75 Å². The zero-order valence-corrected chi connectivity index (χ0v) is 22.8.